The van der Waals surface area contributed by atoms with Crippen LogP contribution in [0.1, 0.15) is 329 Å². The van der Waals surface area contributed by atoms with Crippen LogP contribution in [0.15, 0.2) is 85.1 Å². The zero-order valence-corrected chi connectivity index (χ0v) is 51.0. The van der Waals surface area contributed by atoms with E-state index in [1.807, 2.05) is 6.08 Å². The SMILES string of the molecule is CC/C=C\C/C=C\C/C=C\C/C=C\C/C=C\C/C=C\CCC(=O)OC(COC(=O)CCCCCCC/C=C\CCCCCCC)COC(=O)CCCCCCCCCCCCCCCCCCCCCCCCCCCC. The monoisotopic (exact) mass is 1070 g/mol. The minimum atomic E-state index is -0.820. The molecule has 1 atom stereocenters. The molecule has 0 saturated heterocycles. The van der Waals surface area contributed by atoms with Gasteiger partial charge >= 0.3 is 17.9 Å². The van der Waals surface area contributed by atoms with Gasteiger partial charge in [0.15, 0.2) is 6.10 Å². The van der Waals surface area contributed by atoms with Crippen molar-refractivity contribution >= 4 is 17.9 Å². The Labute approximate surface area is 477 Å². The lowest BCUT2D eigenvalue weighted by Gasteiger charge is -2.18. The number of carbonyl (C=O) groups excluding carboxylic acids is 3. The molecule has 1 unspecified atom stereocenters. The van der Waals surface area contributed by atoms with Gasteiger partial charge in [0.2, 0.25) is 0 Å². The molecule has 0 heterocycles. The molecule has 0 rings (SSSR count). The minimum absolute atomic E-state index is 0.107. The fourth-order valence-electron chi connectivity index (χ4n) is 9.47. The number of unbranched alkanes of at least 4 members (excludes halogenated alkanes) is 35. The van der Waals surface area contributed by atoms with Crippen LogP contribution in [-0.2, 0) is 28.6 Å². The van der Waals surface area contributed by atoms with Crippen LogP contribution in [0.25, 0.3) is 0 Å². The molecule has 0 spiro atoms. The molecule has 0 bridgehead atoms. The normalized spacial score (nSPS) is 12.6. The lowest BCUT2D eigenvalue weighted by Crippen LogP contribution is -2.30. The van der Waals surface area contributed by atoms with Crippen LogP contribution < -0.4 is 0 Å². The molecule has 0 aromatic rings. The van der Waals surface area contributed by atoms with Gasteiger partial charge in [-0.1, -0.05) is 311 Å². The van der Waals surface area contributed by atoms with Gasteiger partial charge in [-0.3, -0.25) is 14.4 Å². The highest BCUT2D eigenvalue weighted by atomic mass is 16.6. The second kappa shape index (κ2) is 65.1. The molecule has 444 valence electrons. The highest BCUT2D eigenvalue weighted by Crippen LogP contribution is 2.17. The Hall–Kier alpha value is -3.41. The van der Waals surface area contributed by atoms with Crippen molar-refractivity contribution in [1.29, 1.82) is 0 Å². The zero-order valence-electron chi connectivity index (χ0n) is 51.0. The van der Waals surface area contributed by atoms with E-state index in [1.165, 1.54) is 193 Å². The number of hydrogen-bond donors (Lipinski definition) is 0. The summed E-state index contributed by atoms with van der Waals surface area (Å²) in [6.45, 7) is 6.49. The second-order valence-corrected chi connectivity index (χ2v) is 22.0. The van der Waals surface area contributed by atoms with Gasteiger partial charge in [-0.15, -0.1) is 0 Å². The molecule has 0 aliphatic heterocycles. The van der Waals surface area contributed by atoms with E-state index in [2.05, 4.69) is 99.8 Å². The Kier molecular flexibility index (Phi) is 62.2. The number of ether oxygens (including phenoxy) is 3. The van der Waals surface area contributed by atoms with Crippen molar-refractivity contribution in [3.63, 3.8) is 0 Å². The Bertz CT molecular complexity index is 1470. The fourth-order valence-corrected chi connectivity index (χ4v) is 9.47. The van der Waals surface area contributed by atoms with Crippen LogP contribution in [0.3, 0.4) is 0 Å². The fraction of sp³-hybridized carbons (Fsp3) is 0.761. The Balaban J connectivity index is 4.35. The van der Waals surface area contributed by atoms with E-state index < -0.39 is 6.10 Å². The Morgan fingerprint density at radius 3 is 0.844 bits per heavy atom. The molecule has 77 heavy (non-hydrogen) atoms. The molecule has 0 amide bonds. The molecule has 0 aliphatic rings. The van der Waals surface area contributed by atoms with E-state index in [9.17, 15) is 14.4 Å². The van der Waals surface area contributed by atoms with Crippen LogP contribution in [-0.4, -0.2) is 37.2 Å². The van der Waals surface area contributed by atoms with Crippen molar-refractivity contribution in [2.75, 3.05) is 13.2 Å². The highest BCUT2D eigenvalue weighted by molar-refractivity contribution is 5.71. The quantitative estimate of drug-likeness (QED) is 0.0261. The maximum atomic E-state index is 12.9. The smallest absolute Gasteiger partial charge is 0.306 e. The molecule has 0 fully saturated rings. The molecule has 0 aromatic heterocycles. The molecular weight excluding hydrogens is 949 g/mol. The average Bonchev–Trinajstić information content (AvgIpc) is 3.43. The first-order valence-corrected chi connectivity index (χ1v) is 33.1. The van der Waals surface area contributed by atoms with Gasteiger partial charge in [-0.25, -0.2) is 0 Å². The summed E-state index contributed by atoms with van der Waals surface area (Å²) >= 11 is 0. The molecule has 0 saturated carbocycles. The summed E-state index contributed by atoms with van der Waals surface area (Å²) in [6.07, 6.45) is 86.2. The van der Waals surface area contributed by atoms with Crippen molar-refractivity contribution in [3.05, 3.63) is 85.1 Å². The van der Waals surface area contributed by atoms with E-state index in [0.717, 1.165) is 89.9 Å². The predicted molar refractivity (Wildman–Crippen MR) is 334 cm³/mol. The third kappa shape index (κ3) is 63.3. The van der Waals surface area contributed by atoms with Gasteiger partial charge in [0.1, 0.15) is 13.2 Å². The van der Waals surface area contributed by atoms with Crippen LogP contribution in [0.5, 0.6) is 0 Å². The summed E-state index contributed by atoms with van der Waals surface area (Å²) < 4.78 is 16.9. The van der Waals surface area contributed by atoms with Gasteiger partial charge in [0, 0.05) is 19.3 Å². The summed E-state index contributed by atoms with van der Waals surface area (Å²) in [4.78, 5) is 38.3. The molecule has 0 N–H and O–H groups in total. The van der Waals surface area contributed by atoms with Crippen molar-refractivity contribution in [2.45, 2.75) is 335 Å². The van der Waals surface area contributed by atoms with E-state index in [0.29, 0.717) is 19.3 Å². The van der Waals surface area contributed by atoms with E-state index in [4.69, 9.17) is 14.2 Å². The Morgan fingerprint density at radius 2 is 0.532 bits per heavy atom. The van der Waals surface area contributed by atoms with Crippen LogP contribution >= 0.6 is 0 Å². The first-order chi connectivity index (χ1) is 38.0. The summed E-state index contributed by atoms with van der Waals surface area (Å²) in [7, 11) is 0. The summed E-state index contributed by atoms with van der Waals surface area (Å²) in [5.41, 5.74) is 0. The molecular formula is C71H124O6. The number of rotatable bonds is 60. The van der Waals surface area contributed by atoms with Crippen molar-refractivity contribution < 1.29 is 28.6 Å². The van der Waals surface area contributed by atoms with Crippen molar-refractivity contribution in [3.8, 4) is 0 Å². The lowest BCUT2D eigenvalue weighted by molar-refractivity contribution is -0.166. The summed E-state index contributed by atoms with van der Waals surface area (Å²) in [5.74, 6) is -0.987. The van der Waals surface area contributed by atoms with Gasteiger partial charge in [0.25, 0.3) is 0 Å². The van der Waals surface area contributed by atoms with Crippen LogP contribution in [0.4, 0.5) is 0 Å². The third-order valence-corrected chi connectivity index (χ3v) is 14.4. The number of hydrogen-bond acceptors (Lipinski definition) is 6. The first-order valence-electron chi connectivity index (χ1n) is 33.1. The van der Waals surface area contributed by atoms with E-state index in [1.54, 1.807) is 0 Å². The first kappa shape index (κ1) is 73.6. The predicted octanol–water partition coefficient (Wildman–Crippen LogP) is 22.7. The minimum Gasteiger partial charge on any atom is -0.462 e. The summed E-state index contributed by atoms with van der Waals surface area (Å²) in [6, 6.07) is 0. The molecule has 0 aliphatic carbocycles. The van der Waals surface area contributed by atoms with Gasteiger partial charge in [0.05, 0.1) is 0 Å². The summed E-state index contributed by atoms with van der Waals surface area (Å²) in [5, 5.41) is 0. The van der Waals surface area contributed by atoms with Crippen molar-refractivity contribution in [1.82, 2.24) is 0 Å². The zero-order chi connectivity index (χ0) is 55.7. The van der Waals surface area contributed by atoms with Crippen LogP contribution in [0.2, 0.25) is 0 Å². The number of carbonyl (C=O) groups is 3. The van der Waals surface area contributed by atoms with E-state index >= 15 is 0 Å². The maximum absolute atomic E-state index is 12.9. The molecule has 0 radical (unpaired) electrons. The standard InChI is InChI=1S/C71H124O6/c1-4-7-10-13-16-19-22-25-28-30-32-33-34-35-36-37-38-40-41-43-46-49-52-55-58-61-64-70(73)76-67-68(66-75-69(72)63-60-57-54-51-48-45-27-24-21-18-15-12-9-6-3)77-71(74)65-62-59-56-53-50-47-44-42-39-31-29-26-23-20-17-14-11-8-5-2/h8,11,17,20,24,26-27,29,39,42,47,50,56,59,68H,4-7,9-10,12-16,18-19,21-23,25,28,30-38,40-41,43-46,48-49,51-55,57-58,60-67H2,1-3H3/b11-8-,20-17-,27-24-,29-26-,42-39-,50-47-,59-56-. The van der Waals surface area contributed by atoms with Gasteiger partial charge in [-0.05, 0) is 83.5 Å². The molecule has 6 nitrogen and oxygen atoms in total. The topological polar surface area (TPSA) is 78.9 Å². The second-order valence-electron chi connectivity index (χ2n) is 22.0. The number of esters is 3. The average molecular weight is 1070 g/mol. The van der Waals surface area contributed by atoms with Gasteiger partial charge in [-0.2, -0.15) is 0 Å². The van der Waals surface area contributed by atoms with Gasteiger partial charge < -0.3 is 14.2 Å². The third-order valence-electron chi connectivity index (χ3n) is 14.4. The molecule has 0 aromatic carbocycles. The lowest BCUT2D eigenvalue weighted by atomic mass is 10.0. The number of allylic oxidation sites excluding steroid dienone is 14. The maximum Gasteiger partial charge on any atom is 0.306 e. The molecule has 6 heteroatoms. The Morgan fingerprint density at radius 1 is 0.273 bits per heavy atom. The van der Waals surface area contributed by atoms with Crippen LogP contribution in [0, 0.1) is 0 Å². The largest absolute Gasteiger partial charge is 0.462 e. The highest BCUT2D eigenvalue weighted by Gasteiger charge is 2.19. The van der Waals surface area contributed by atoms with Crippen molar-refractivity contribution in [2.24, 2.45) is 0 Å². The van der Waals surface area contributed by atoms with E-state index in [-0.39, 0.29) is 37.5 Å².